The fourth-order valence-electron chi connectivity index (χ4n) is 7.27. The van der Waals surface area contributed by atoms with E-state index in [1.807, 2.05) is 12.1 Å². The summed E-state index contributed by atoms with van der Waals surface area (Å²) in [7, 11) is 0. The monoisotopic (exact) mass is 475 g/mol. The van der Waals surface area contributed by atoms with Crippen molar-refractivity contribution in [3.8, 4) is 39.7 Å². The molecular weight excluding hydrogens is 450 g/mol. The van der Waals surface area contributed by atoms with Crippen molar-refractivity contribution in [1.29, 1.82) is 5.26 Å². The number of hydrogen-bond acceptors (Lipinski definition) is 1. The number of hydrogen-bond donors (Lipinski definition) is 0. The molecule has 5 aromatic rings. The zero-order valence-electron chi connectivity index (χ0n) is 20.5. The Bertz CT molecular complexity index is 1780. The van der Waals surface area contributed by atoms with Crippen LogP contribution < -0.4 is 9.13 Å². The van der Waals surface area contributed by atoms with Gasteiger partial charge >= 0.3 is 0 Å². The van der Waals surface area contributed by atoms with Crippen LogP contribution >= 0.6 is 0 Å². The molecule has 4 unspecified atom stereocenters. The quantitative estimate of drug-likeness (QED) is 0.257. The molecule has 4 heterocycles. The maximum Gasteiger partial charge on any atom is 0.213 e. The first-order valence-corrected chi connectivity index (χ1v) is 13.0. The molecule has 0 N–H and O–H groups in total. The van der Waals surface area contributed by atoms with Gasteiger partial charge in [0.15, 0.2) is 24.5 Å². The van der Waals surface area contributed by atoms with Gasteiger partial charge in [0.1, 0.15) is 11.8 Å². The molecular formula is C34H25N3+2. The first kappa shape index (κ1) is 20.6. The van der Waals surface area contributed by atoms with Crippen molar-refractivity contribution in [1.82, 2.24) is 0 Å². The highest BCUT2D eigenvalue weighted by atomic mass is 15.1. The van der Waals surface area contributed by atoms with E-state index in [4.69, 9.17) is 0 Å². The van der Waals surface area contributed by atoms with Gasteiger partial charge in [-0.25, -0.2) is 0 Å². The van der Waals surface area contributed by atoms with E-state index in [-0.39, 0.29) is 18.0 Å². The highest BCUT2D eigenvalue weighted by Crippen LogP contribution is 2.64. The molecule has 0 radical (unpaired) electrons. The molecule has 0 amide bonds. The molecule has 8 rings (SSSR count). The van der Waals surface area contributed by atoms with E-state index in [9.17, 15) is 5.26 Å². The van der Waals surface area contributed by atoms with Crippen LogP contribution in [0.3, 0.4) is 0 Å². The van der Waals surface area contributed by atoms with Gasteiger partial charge in [-0.15, -0.1) is 0 Å². The summed E-state index contributed by atoms with van der Waals surface area (Å²) >= 11 is 0. The standard InChI is InChI=1S/C34H25N3/c1-21-14-15-28-27-13-7-10-24(19-35)30(27)32-33-31(34(32)37(28)20-21)26-12-6-5-11-25(26)29-18-23(16-17-36(29)33)22-8-3-2-4-9-22/h2-18,20,31-34H,1H3/q+2. The van der Waals surface area contributed by atoms with Gasteiger partial charge in [-0.05, 0) is 47.9 Å². The van der Waals surface area contributed by atoms with Crippen LogP contribution in [0.15, 0.2) is 109 Å². The number of aromatic nitrogens is 2. The van der Waals surface area contributed by atoms with Crippen molar-refractivity contribution in [2.24, 2.45) is 0 Å². The Balaban J connectivity index is 1.40. The lowest BCUT2D eigenvalue weighted by Gasteiger charge is -2.49. The lowest BCUT2D eigenvalue weighted by molar-refractivity contribution is -0.801. The summed E-state index contributed by atoms with van der Waals surface area (Å²) in [4.78, 5) is 0. The first-order valence-electron chi connectivity index (χ1n) is 13.0. The minimum atomic E-state index is 0.231. The summed E-state index contributed by atoms with van der Waals surface area (Å²) in [5.41, 5.74) is 12.1. The summed E-state index contributed by atoms with van der Waals surface area (Å²) in [6.45, 7) is 2.17. The van der Waals surface area contributed by atoms with E-state index < -0.39 is 0 Å². The van der Waals surface area contributed by atoms with Gasteiger partial charge in [0, 0.05) is 29.3 Å². The summed E-state index contributed by atoms with van der Waals surface area (Å²) in [6.07, 6.45) is 4.60. The molecule has 3 nitrogen and oxygen atoms in total. The zero-order valence-corrected chi connectivity index (χ0v) is 20.5. The third kappa shape index (κ3) is 2.70. The van der Waals surface area contributed by atoms with Crippen LogP contribution in [0, 0.1) is 18.3 Å². The second kappa shape index (κ2) is 7.48. The molecule has 174 valence electrons. The van der Waals surface area contributed by atoms with E-state index in [1.54, 1.807) is 0 Å². The number of rotatable bonds is 1. The van der Waals surface area contributed by atoms with E-state index in [0.29, 0.717) is 5.92 Å². The highest BCUT2D eigenvalue weighted by molar-refractivity contribution is 5.74. The van der Waals surface area contributed by atoms with E-state index in [2.05, 4.69) is 119 Å². The fraction of sp³-hybridized carbons (Fsp3) is 0.147. The van der Waals surface area contributed by atoms with Crippen molar-refractivity contribution in [3.63, 3.8) is 0 Å². The molecule has 0 spiro atoms. The molecule has 0 saturated heterocycles. The average Bonchev–Trinajstić information content (AvgIpc) is 2.93. The maximum atomic E-state index is 10.2. The van der Waals surface area contributed by atoms with Gasteiger partial charge < -0.3 is 0 Å². The fourth-order valence-corrected chi connectivity index (χ4v) is 7.27. The number of benzene rings is 3. The molecule has 4 atom stereocenters. The highest BCUT2D eigenvalue weighted by Gasteiger charge is 2.68. The van der Waals surface area contributed by atoms with Crippen LogP contribution in [0.1, 0.15) is 46.2 Å². The Kier molecular flexibility index (Phi) is 4.17. The molecule has 0 bridgehead atoms. The Labute approximate surface area is 216 Å². The zero-order chi connectivity index (χ0) is 24.7. The Hall–Kier alpha value is -4.55. The summed E-state index contributed by atoms with van der Waals surface area (Å²) in [5, 5.41) is 10.2. The van der Waals surface area contributed by atoms with Crippen molar-refractivity contribution in [2.45, 2.75) is 30.8 Å². The third-order valence-corrected chi connectivity index (χ3v) is 8.76. The van der Waals surface area contributed by atoms with Crippen LogP contribution in [0.2, 0.25) is 0 Å². The SMILES string of the molecule is Cc1ccc2[n+](c1)C1C3c4ccccc4-c4cc(-c5ccccc5)cc[n+]4C3C1c1c(C#N)cccc1-2. The second-order valence-corrected chi connectivity index (χ2v) is 10.6. The van der Waals surface area contributed by atoms with Gasteiger partial charge in [0.05, 0.1) is 22.8 Å². The summed E-state index contributed by atoms with van der Waals surface area (Å²) in [6, 6.07) is 37.9. The first-order chi connectivity index (χ1) is 18.2. The van der Waals surface area contributed by atoms with E-state index in [0.717, 1.165) is 5.56 Å². The van der Waals surface area contributed by atoms with Crippen LogP contribution in [0.4, 0.5) is 0 Å². The largest absolute Gasteiger partial charge is 0.213 e. The predicted octanol–water partition coefficient (Wildman–Crippen LogP) is 6.43. The predicted molar refractivity (Wildman–Crippen MR) is 143 cm³/mol. The smallest absolute Gasteiger partial charge is 0.194 e. The van der Waals surface area contributed by atoms with Crippen molar-refractivity contribution >= 4 is 0 Å². The van der Waals surface area contributed by atoms with E-state index in [1.165, 1.54) is 50.3 Å². The molecule has 3 aliphatic rings. The summed E-state index contributed by atoms with van der Waals surface area (Å²) in [5.74, 6) is 0.571. The maximum absolute atomic E-state index is 10.2. The van der Waals surface area contributed by atoms with Crippen molar-refractivity contribution < 1.29 is 9.13 Å². The average molecular weight is 476 g/mol. The van der Waals surface area contributed by atoms with Gasteiger partial charge in [-0.2, -0.15) is 14.4 Å². The van der Waals surface area contributed by atoms with Gasteiger partial charge in [-0.3, -0.25) is 0 Å². The molecule has 1 fully saturated rings. The molecule has 2 aromatic heterocycles. The van der Waals surface area contributed by atoms with Crippen LogP contribution in [0.5, 0.6) is 0 Å². The van der Waals surface area contributed by atoms with Gasteiger partial charge in [0.25, 0.3) is 0 Å². The van der Waals surface area contributed by atoms with Crippen LogP contribution in [0.25, 0.3) is 33.6 Å². The number of nitriles is 1. The molecule has 1 aliphatic carbocycles. The Morgan fingerprint density at radius 3 is 2.32 bits per heavy atom. The number of fused-ring (bicyclic) bond motifs is 14. The lowest BCUT2D eigenvalue weighted by Crippen LogP contribution is -2.67. The number of pyridine rings is 2. The number of aryl methyl sites for hydroxylation is 1. The second-order valence-electron chi connectivity index (χ2n) is 10.6. The Morgan fingerprint density at radius 2 is 1.46 bits per heavy atom. The van der Waals surface area contributed by atoms with Gasteiger partial charge in [-0.1, -0.05) is 54.6 Å². The molecule has 3 aromatic carbocycles. The topological polar surface area (TPSA) is 31.5 Å². The summed E-state index contributed by atoms with van der Waals surface area (Å²) < 4.78 is 5.01. The van der Waals surface area contributed by atoms with Gasteiger partial charge in [0.2, 0.25) is 11.4 Å². The van der Waals surface area contributed by atoms with Crippen LogP contribution in [-0.4, -0.2) is 0 Å². The normalized spacial score (nSPS) is 21.6. The molecule has 3 heteroatoms. The molecule has 1 saturated carbocycles. The number of nitrogens with zero attached hydrogens (tertiary/aromatic N) is 3. The van der Waals surface area contributed by atoms with Crippen molar-refractivity contribution in [3.05, 3.63) is 132 Å². The van der Waals surface area contributed by atoms with Crippen LogP contribution in [-0.2, 0) is 0 Å². The lowest BCUT2D eigenvalue weighted by atomic mass is 9.55. The Morgan fingerprint density at radius 1 is 0.676 bits per heavy atom. The molecule has 37 heavy (non-hydrogen) atoms. The minimum absolute atomic E-state index is 0.231. The minimum Gasteiger partial charge on any atom is -0.194 e. The third-order valence-electron chi connectivity index (χ3n) is 8.76. The van der Waals surface area contributed by atoms with Crippen molar-refractivity contribution in [2.75, 3.05) is 0 Å². The molecule has 2 aliphatic heterocycles. The van der Waals surface area contributed by atoms with E-state index >= 15 is 0 Å².